The topological polar surface area (TPSA) is 83.5 Å². The average Bonchev–Trinajstić information content (AvgIpc) is 2.27. The van der Waals surface area contributed by atoms with Crippen LogP contribution in [0.3, 0.4) is 0 Å². The van der Waals surface area contributed by atoms with Crippen molar-refractivity contribution >= 4 is 27.8 Å². The van der Waals surface area contributed by atoms with Crippen LogP contribution in [0.2, 0.25) is 0 Å². The molecule has 1 aromatic carbocycles. The molecule has 1 rings (SSSR count). The van der Waals surface area contributed by atoms with Gasteiger partial charge in [0.25, 0.3) is 0 Å². The van der Waals surface area contributed by atoms with Crippen LogP contribution in [0.1, 0.15) is 20.3 Å². The first-order valence-electron chi connectivity index (χ1n) is 5.78. The summed E-state index contributed by atoms with van der Waals surface area (Å²) in [4.78, 5) is 11.4. The van der Waals surface area contributed by atoms with E-state index in [9.17, 15) is 13.2 Å². The molecule has 2 N–H and O–H groups in total. The van der Waals surface area contributed by atoms with Crippen molar-refractivity contribution in [3.8, 4) is 0 Å². The number of hydrogen-bond acceptors (Lipinski definition) is 4. The molecule has 0 atom stereocenters. The molecule has 106 valence electrons. The van der Waals surface area contributed by atoms with Gasteiger partial charge < -0.3 is 5.11 Å². The maximum absolute atomic E-state index is 11.9. The Kier molecular flexibility index (Phi) is 5.84. The van der Waals surface area contributed by atoms with Gasteiger partial charge in [0.1, 0.15) is 0 Å². The summed E-state index contributed by atoms with van der Waals surface area (Å²) < 4.78 is 26.2. The van der Waals surface area contributed by atoms with Crippen LogP contribution in [-0.2, 0) is 14.8 Å². The molecule has 19 heavy (non-hydrogen) atoms. The first kappa shape index (κ1) is 16.0. The number of benzene rings is 1. The van der Waals surface area contributed by atoms with E-state index in [1.807, 2.05) is 0 Å². The van der Waals surface area contributed by atoms with Crippen molar-refractivity contribution in [2.24, 2.45) is 0 Å². The molecule has 5 nitrogen and oxygen atoms in total. The van der Waals surface area contributed by atoms with E-state index in [1.54, 1.807) is 26.0 Å². The van der Waals surface area contributed by atoms with E-state index in [0.717, 1.165) is 4.90 Å². The van der Waals surface area contributed by atoms with Crippen LogP contribution in [-0.4, -0.2) is 31.3 Å². The minimum absolute atomic E-state index is 0.0830. The highest BCUT2D eigenvalue weighted by molar-refractivity contribution is 7.99. The van der Waals surface area contributed by atoms with E-state index in [1.165, 1.54) is 23.9 Å². The van der Waals surface area contributed by atoms with Gasteiger partial charge in [0.2, 0.25) is 10.0 Å². The number of aliphatic carboxylic acids is 1. The fourth-order valence-corrected chi connectivity index (χ4v) is 3.44. The van der Waals surface area contributed by atoms with E-state index in [4.69, 9.17) is 5.11 Å². The van der Waals surface area contributed by atoms with Gasteiger partial charge in [-0.25, -0.2) is 13.1 Å². The molecule has 0 bridgehead atoms. The van der Waals surface area contributed by atoms with Crippen LogP contribution in [0.4, 0.5) is 0 Å². The highest BCUT2D eigenvalue weighted by Gasteiger charge is 2.14. The van der Waals surface area contributed by atoms with E-state index in [2.05, 4.69) is 4.72 Å². The minimum Gasteiger partial charge on any atom is -0.481 e. The lowest BCUT2D eigenvalue weighted by Gasteiger charge is -2.09. The van der Waals surface area contributed by atoms with Crippen molar-refractivity contribution in [2.75, 3.05) is 5.75 Å². The highest BCUT2D eigenvalue weighted by atomic mass is 32.2. The molecule has 0 aromatic heterocycles. The lowest BCUT2D eigenvalue weighted by atomic mass is 10.4. The van der Waals surface area contributed by atoms with Crippen LogP contribution in [0.15, 0.2) is 34.1 Å². The molecular formula is C12H17NO4S2. The lowest BCUT2D eigenvalue weighted by molar-refractivity contribution is -0.136. The van der Waals surface area contributed by atoms with Gasteiger partial charge in [-0.15, -0.1) is 11.8 Å². The number of thioether (sulfide) groups is 1. The number of carboxylic acids is 1. The fourth-order valence-electron chi connectivity index (χ4n) is 1.35. The Labute approximate surface area is 117 Å². The van der Waals surface area contributed by atoms with E-state index < -0.39 is 16.0 Å². The lowest BCUT2D eigenvalue weighted by Crippen LogP contribution is -2.30. The number of carbonyl (C=O) groups is 1. The Morgan fingerprint density at radius 3 is 2.37 bits per heavy atom. The third-order valence-corrected chi connectivity index (χ3v) is 4.80. The van der Waals surface area contributed by atoms with Crippen LogP contribution in [0, 0.1) is 0 Å². The molecule has 0 amide bonds. The number of rotatable bonds is 7. The summed E-state index contributed by atoms with van der Waals surface area (Å²) in [5.74, 6) is -0.376. The van der Waals surface area contributed by atoms with Gasteiger partial charge in [0.15, 0.2) is 0 Å². The van der Waals surface area contributed by atoms with Crippen LogP contribution >= 0.6 is 11.8 Å². The third-order valence-electron chi connectivity index (χ3n) is 2.11. The quantitative estimate of drug-likeness (QED) is 0.752. The van der Waals surface area contributed by atoms with E-state index in [-0.39, 0.29) is 17.4 Å². The molecule has 0 aliphatic carbocycles. The van der Waals surface area contributed by atoms with Crippen LogP contribution < -0.4 is 4.72 Å². The minimum atomic E-state index is -3.46. The maximum Gasteiger partial charge on any atom is 0.304 e. The molecule has 0 spiro atoms. The molecule has 0 aliphatic heterocycles. The Morgan fingerprint density at radius 1 is 1.32 bits per heavy atom. The SMILES string of the molecule is CC(C)NS(=O)(=O)c1ccc(SCCC(=O)O)cc1. The molecule has 0 saturated heterocycles. The maximum atomic E-state index is 11.9. The molecule has 0 fully saturated rings. The Morgan fingerprint density at radius 2 is 1.89 bits per heavy atom. The monoisotopic (exact) mass is 303 g/mol. The second-order valence-electron chi connectivity index (χ2n) is 4.24. The molecule has 0 radical (unpaired) electrons. The van der Waals surface area contributed by atoms with Crippen molar-refractivity contribution in [2.45, 2.75) is 36.1 Å². The van der Waals surface area contributed by atoms with Crippen molar-refractivity contribution < 1.29 is 18.3 Å². The zero-order chi connectivity index (χ0) is 14.5. The van der Waals surface area contributed by atoms with Gasteiger partial charge in [-0.3, -0.25) is 4.79 Å². The van der Waals surface area contributed by atoms with Crippen molar-refractivity contribution in [3.63, 3.8) is 0 Å². The Hall–Kier alpha value is -1.05. The zero-order valence-corrected chi connectivity index (χ0v) is 12.4. The van der Waals surface area contributed by atoms with E-state index in [0.29, 0.717) is 5.75 Å². The summed E-state index contributed by atoms with van der Waals surface area (Å²) in [5.41, 5.74) is 0. The van der Waals surface area contributed by atoms with Crippen molar-refractivity contribution in [1.82, 2.24) is 4.72 Å². The van der Waals surface area contributed by atoms with Gasteiger partial charge in [-0.05, 0) is 38.1 Å². The molecule has 7 heteroatoms. The zero-order valence-electron chi connectivity index (χ0n) is 10.8. The predicted molar refractivity (Wildman–Crippen MR) is 74.9 cm³/mol. The summed E-state index contributed by atoms with van der Waals surface area (Å²) >= 11 is 1.39. The summed E-state index contributed by atoms with van der Waals surface area (Å²) in [5, 5.41) is 8.53. The van der Waals surface area contributed by atoms with Gasteiger partial charge in [-0.2, -0.15) is 0 Å². The third kappa shape index (κ3) is 5.63. The number of nitrogens with one attached hydrogen (secondary N) is 1. The first-order valence-corrected chi connectivity index (χ1v) is 8.25. The summed E-state index contributed by atoms with van der Waals surface area (Å²) in [6.45, 7) is 3.52. The molecule has 0 unspecified atom stereocenters. The number of carboxylic acid groups (broad SMARTS) is 1. The van der Waals surface area contributed by atoms with Gasteiger partial charge >= 0.3 is 5.97 Å². The normalized spacial score (nSPS) is 11.7. The summed E-state index contributed by atoms with van der Waals surface area (Å²) in [7, 11) is -3.46. The molecular weight excluding hydrogens is 286 g/mol. The van der Waals surface area contributed by atoms with E-state index >= 15 is 0 Å². The predicted octanol–water partition coefficient (Wildman–Crippen LogP) is 1.94. The van der Waals surface area contributed by atoms with Gasteiger partial charge in [-0.1, -0.05) is 0 Å². The molecule has 1 aromatic rings. The van der Waals surface area contributed by atoms with Gasteiger partial charge in [0, 0.05) is 16.7 Å². The summed E-state index contributed by atoms with van der Waals surface area (Å²) in [6.07, 6.45) is 0.0830. The molecule has 0 saturated carbocycles. The van der Waals surface area contributed by atoms with Crippen molar-refractivity contribution in [3.05, 3.63) is 24.3 Å². The molecule has 0 heterocycles. The van der Waals surface area contributed by atoms with Crippen LogP contribution in [0.25, 0.3) is 0 Å². The number of sulfonamides is 1. The Balaban J connectivity index is 2.68. The first-order chi connectivity index (χ1) is 8.81. The smallest absolute Gasteiger partial charge is 0.304 e. The fraction of sp³-hybridized carbons (Fsp3) is 0.417. The van der Waals surface area contributed by atoms with Gasteiger partial charge in [0.05, 0.1) is 11.3 Å². The largest absolute Gasteiger partial charge is 0.481 e. The number of hydrogen-bond donors (Lipinski definition) is 2. The highest BCUT2D eigenvalue weighted by Crippen LogP contribution is 2.21. The Bertz CT molecular complexity index is 523. The van der Waals surface area contributed by atoms with Crippen LogP contribution in [0.5, 0.6) is 0 Å². The van der Waals surface area contributed by atoms with Crippen molar-refractivity contribution in [1.29, 1.82) is 0 Å². The summed E-state index contributed by atoms with van der Waals surface area (Å²) in [6, 6.07) is 6.25. The standard InChI is InChI=1S/C12H17NO4S2/c1-9(2)13-19(16,17)11-5-3-10(4-6-11)18-8-7-12(14)15/h3-6,9,13H,7-8H2,1-2H3,(H,14,15). The average molecular weight is 303 g/mol. The molecule has 0 aliphatic rings. The second kappa shape index (κ2) is 6.93. The second-order valence-corrected chi connectivity index (χ2v) is 7.12.